The fourth-order valence-electron chi connectivity index (χ4n) is 2.91. The monoisotopic (exact) mass is 292 g/mol. The van der Waals surface area contributed by atoms with Crippen molar-refractivity contribution in [2.75, 3.05) is 19.6 Å². The average molecular weight is 293 g/mol. The van der Waals surface area contributed by atoms with Gasteiger partial charge in [-0.15, -0.1) is 23.7 Å². The molecule has 2 nitrogen and oxygen atoms in total. The molecular weight excluding hydrogens is 275 g/mol. The van der Waals surface area contributed by atoms with E-state index in [9.17, 15) is 0 Å². The molecule has 5 heteroatoms. The van der Waals surface area contributed by atoms with Gasteiger partial charge in [-0.2, -0.15) is 0 Å². The molecule has 1 aromatic heterocycles. The van der Waals surface area contributed by atoms with Crippen molar-refractivity contribution in [1.82, 2.24) is 10.2 Å². The van der Waals surface area contributed by atoms with Crippen molar-refractivity contribution >= 4 is 35.3 Å². The van der Waals surface area contributed by atoms with Crippen LogP contribution < -0.4 is 5.32 Å². The Morgan fingerprint density at radius 1 is 1.47 bits per heavy atom. The van der Waals surface area contributed by atoms with Crippen molar-refractivity contribution in [3.63, 3.8) is 0 Å². The third-order valence-corrected chi connectivity index (χ3v) is 5.17. The standard InChI is InChI=1S/C12H17ClN2S.ClH/c13-10-3-6-16-12(10)8-15-5-2-11-9(7-15)1-4-14-11;/h3,6,9,11,14H,1-2,4-5,7-8H2;1H. The van der Waals surface area contributed by atoms with Crippen molar-refractivity contribution in [3.8, 4) is 0 Å². The first-order valence-electron chi connectivity index (χ1n) is 6.00. The lowest BCUT2D eigenvalue weighted by Crippen LogP contribution is -2.43. The second kappa shape index (κ2) is 5.89. The van der Waals surface area contributed by atoms with Crippen LogP contribution in [0.5, 0.6) is 0 Å². The summed E-state index contributed by atoms with van der Waals surface area (Å²) in [6.45, 7) is 4.71. The molecule has 0 radical (unpaired) electrons. The van der Waals surface area contributed by atoms with E-state index in [0.29, 0.717) is 0 Å². The summed E-state index contributed by atoms with van der Waals surface area (Å²) in [5, 5.41) is 6.63. The Labute approximate surface area is 118 Å². The van der Waals surface area contributed by atoms with E-state index in [4.69, 9.17) is 11.6 Å². The predicted molar refractivity (Wildman–Crippen MR) is 76.4 cm³/mol. The third kappa shape index (κ3) is 2.96. The first kappa shape index (κ1) is 13.6. The van der Waals surface area contributed by atoms with Gasteiger partial charge in [0.05, 0.1) is 5.02 Å². The van der Waals surface area contributed by atoms with Crippen molar-refractivity contribution < 1.29 is 0 Å². The van der Waals surface area contributed by atoms with Crippen LogP contribution >= 0.6 is 35.3 Å². The molecule has 2 unspecified atom stereocenters. The maximum Gasteiger partial charge on any atom is 0.0558 e. The summed E-state index contributed by atoms with van der Waals surface area (Å²) < 4.78 is 0. The molecule has 0 amide bonds. The molecule has 2 saturated heterocycles. The summed E-state index contributed by atoms with van der Waals surface area (Å²) in [4.78, 5) is 3.89. The van der Waals surface area contributed by atoms with Crippen LogP contribution in [0.2, 0.25) is 5.02 Å². The van der Waals surface area contributed by atoms with E-state index >= 15 is 0 Å². The molecule has 17 heavy (non-hydrogen) atoms. The van der Waals surface area contributed by atoms with Crippen LogP contribution in [0.4, 0.5) is 0 Å². The van der Waals surface area contributed by atoms with Crippen LogP contribution in [0.1, 0.15) is 17.7 Å². The van der Waals surface area contributed by atoms with Crippen molar-refractivity contribution in [2.45, 2.75) is 25.4 Å². The number of hydrogen-bond donors (Lipinski definition) is 1. The van der Waals surface area contributed by atoms with Gasteiger partial charge in [-0.25, -0.2) is 0 Å². The number of fused-ring (bicyclic) bond motifs is 1. The highest BCUT2D eigenvalue weighted by molar-refractivity contribution is 7.10. The number of likely N-dealkylation sites (tertiary alicyclic amines) is 1. The lowest BCUT2D eigenvalue weighted by Gasteiger charge is -2.34. The van der Waals surface area contributed by atoms with Gasteiger partial charge >= 0.3 is 0 Å². The van der Waals surface area contributed by atoms with Gasteiger partial charge in [-0.3, -0.25) is 4.90 Å². The molecule has 2 aliphatic rings. The highest BCUT2D eigenvalue weighted by atomic mass is 35.5. The number of nitrogens with one attached hydrogen (secondary N) is 1. The summed E-state index contributed by atoms with van der Waals surface area (Å²) in [6.07, 6.45) is 2.65. The SMILES string of the molecule is Cl.Clc1ccsc1CN1CCC2NCCC2C1. The first-order chi connectivity index (χ1) is 7.83. The van der Waals surface area contributed by atoms with E-state index in [1.54, 1.807) is 11.3 Å². The molecule has 3 heterocycles. The molecule has 2 atom stereocenters. The molecule has 3 rings (SSSR count). The second-order valence-electron chi connectivity index (χ2n) is 4.82. The molecular formula is C12H18Cl2N2S. The molecule has 0 bridgehead atoms. The number of nitrogens with zero attached hydrogens (tertiary/aromatic N) is 1. The van der Waals surface area contributed by atoms with Crippen LogP contribution in [0.15, 0.2) is 11.4 Å². The third-order valence-electron chi connectivity index (χ3n) is 3.80. The van der Waals surface area contributed by atoms with Gasteiger partial charge in [0, 0.05) is 30.6 Å². The predicted octanol–water partition coefficient (Wildman–Crippen LogP) is 3.01. The Kier molecular flexibility index (Phi) is 4.72. The van der Waals surface area contributed by atoms with Gasteiger partial charge in [0.25, 0.3) is 0 Å². The normalized spacial score (nSPS) is 28.8. The molecule has 0 saturated carbocycles. The number of thiophene rings is 1. The highest BCUT2D eigenvalue weighted by Gasteiger charge is 2.32. The fraction of sp³-hybridized carbons (Fsp3) is 0.667. The minimum Gasteiger partial charge on any atom is -0.314 e. The molecule has 1 aromatic rings. The van der Waals surface area contributed by atoms with Gasteiger partial charge in [-0.1, -0.05) is 11.6 Å². The Morgan fingerprint density at radius 3 is 3.12 bits per heavy atom. The number of piperidine rings is 1. The molecule has 0 aliphatic carbocycles. The molecule has 1 N–H and O–H groups in total. The Hall–Kier alpha value is 0.200. The summed E-state index contributed by atoms with van der Waals surface area (Å²) in [6, 6.07) is 2.79. The van der Waals surface area contributed by atoms with E-state index in [0.717, 1.165) is 23.5 Å². The maximum atomic E-state index is 6.14. The maximum absolute atomic E-state index is 6.14. The van der Waals surface area contributed by atoms with E-state index in [1.807, 2.05) is 6.07 Å². The first-order valence-corrected chi connectivity index (χ1v) is 7.26. The van der Waals surface area contributed by atoms with Gasteiger partial charge in [0.1, 0.15) is 0 Å². The lowest BCUT2D eigenvalue weighted by molar-refractivity contribution is 0.157. The molecule has 96 valence electrons. The van der Waals surface area contributed by atoms with Gasteiger partial charge in [-0.05, 0) is 36.8 Å². The van der Waals surface area contributed by atoms with E-state index < -0.39 is 0 Å². The van der Waals surface area contributed by atoms with E-state index in [1.165, 1.54) is 37.4 Å². The van der Waals surface area contributed by atoms with E-state index in [2.05, 4.69) is 15.6 Å². The summed E-state index contributed by atoms with van der Waals surface area (Å²) >= 11 is 7.92. The Balaban J connectivity index is 0.00000108. The summed E-state index contributed by atoms with van der Waals surface area (Å²) in [5.74, 6) is 0.868. The second-order valence-corrected chi connectivity index (χ2v) is 6.23. The van der Waals surface area contributed by atoms with Crippen LogP contribution in [0.25, 0.3) is 0 Å². The summed E-state index contributed by atoms with van der Waals surface area (Å²) in [5.41, 5.74) is 0. The average Bonchev–Trinajstić information content (AvgIpc) is 2.88. The molecule has 0 spiro atoms. The Morgan fingerprint density at radius 2 is 2.35 bits per heavy atom. The number of halogens is 2. The Bertz CT molecular complexity index is 369. The van der Waals surface area contributed by atoms with Crippen LogP contribution in [-0.2, 0) is 6.54 Å². The minimum absolute atomic E-state index is 0. The zero-order chi connectivity index (χ0) is 11.0. The molecule has 2 fully saturated rings. The van der Waals surface area contributed by atoms with Crippen LogP contribution in [0, 0.1) is 5.92 Å². The minimum atomic E-state index is 0. The van der Waals surface area contributed by atoms with Crippen molar-refractivity contribution in [1.29, 1.82) is 0 Å². The number of rotatable bonds is 2. The zero-order valence-corrected chi connectivity index (χ0v) is 12.1. The summed E-state index contributed by atoms with van der Waals surface area (Å²) in [7, 11) is 0. The fourth-order valence-corrected chi connectivity index (χ4v) is 4.04. The topological polar surface area (TPSA) is 15.3 Å². The van der Waals surface area contributed by atoms with E-state index in [-0.39, 0.29) is 12.4 Å². The van der Waals surface area contributed by atoms with Gasteiger partial charge in [0.2, 0.25) is 0 Å². The largest absolute Gasteiger partial charge is 0.314 e. The van der Waals surface area contributed by atoms with Crippen molar-refractivity contribution in [3.05, 3.63) is 21.3 Å². The van der Waals surface area contributed by atoms with Crippen LogP contribution in [-0.4, -0.2) is 30.6 Å². The highest BCUT2D eigenvalue weighted by Crippen LogP contribution is 2.28. The molecule has 2 aliphatic heterocycles. The van der Waals surface area contributed by atoms with Crippen LogP contribution in [0.3, 0.4) is 0 Å². The number of hydrogen-bond acceptors (Lipinski definition) is 3. The smallest absolute Gasteiger partial charge is 0.0558 e. The molecule has 0 aromatic carbocycles. The van der Waals surface area contributed by atoms with Crippen molar-refractivity contribution in [2.24, 2.45) is 5.92 Å². The lowest BCUT2D eigenvalue weighted by atomic mass is 9.93. The van der Waals surface area contributed by atoms with Gasteiger partial charge in [0.15, 0.2) is 0 Å². The van der Waals surface area contributed by atoms with Gasteiger partial charge < -0.3 is 5.32 Å². The zero-order valence-electron chi connectivity index (χ0n) is 9.69. The quantitative estimate of drug-likeness (QED) is 0.901.